The molecular formula is C16H16N2OS. The molecule has 0 saturated carbocycles. The van der Waals surface area contributed by atoms with Crippen molar-refractivity contribution in [3.8, 4) is 5.75 Å². The fourth-order valence-electron chi connectivity index (χ4n) is 3.19. The lowest BCUT2D eigenvalue weighted by Crippen LogP contribution is -2.14. The van der Waals surface area contributed by atoms with E-state index in [4.69, 9.17) is 17.0 Å². The third kappa shape index (κ3) is 1.86. The summed E-state index contributed by atoms with van der Waals surface area (Å²) in [5.74, 6) is 2.11. The number of aryl methyl sites for hydroxylation is 1. The van der Waals surface area contributed by atoms with Gasteiger partial charge in [0, 0.05) is 16.8 Å². The Morgan fingerprint density at radius 3 is 3.00 bits per heavy atom. The smallest absolute Gasteiger partial charge is 0.133 e. The Hall–Kier alpha value is -1.68. The number of nitrogens with one attached hydrogen (secondary N) is 1. The van der Waals surface area contributed by atoms with Gasteiger partial charge in [0.05, 0.1) is 5.92 Å². The Morgan fingerprint density at radius 1 is 1.20 bits per heavy atom. The molecule has 1 aromatic carbocycles. The average Bonchev–Trinajstić information content (AvgIpc) is 2.91. The number of rotatable bonds is 1. The molecule has 2 aliphatic rings. The molecule has 1 aliphatic heterocycles. The van der Waals surface area contributed by atoms with Crippen molar-refractivity contribution in [2.45, 2.75) is 31.6 Å². The number of aromatic amines is 1. The summed E-state index contributed by atoms with van der Waals surface area (Å²) in [5.41, 5.74) is 3.75. The van der Waals surface area contributed by atoms with E-state index in [1.807, 2.05) is 18.2 Å². The molecule has 0 fully saturated rings. The van der Waals surface area contributed by atoms with Gasteiger partial charge < -0.3 is 9.72 Å². The zero-order valence-corrected chi connectivity index (χ0v) is 12.0. The Balaban J connectivity index is 1.81. The van der Waals surface area contributed by atoms with Crippen molar-refractivity contribution in [1.29, 1.82) is 0 Å². The van der Waals surface area contributed by atoms with Crippen LogP contribution in [0.25, 0.3) is 0 Å². The number of para-hydroxylation sites is 1. The van der Waals surface area contributed by atoms with Crippen molar-refractivity contribution in [3.63, 3.8) is 0 Å². The normalized spacial score (nSPS) is 20.1. The van der Waals surface area contributed by atoms with Gasteiger partial charge in [0.15, 0.2) is 0 Å². The van der Waals surface area contributed by atoms with Gasteiger partial charge in [-0.25, -0.2) is 4.98 Å². The third-order valence-electron chi connectivity index (χ3n) is 4.26. The summed E-state index contributed by atoms with van der Waals surface area (Å²) in [6, 6.07) is 8.19. The molecule has 0 amide bonds. The molecule has 20 heavy (non-hydrogen) atoms. The molecule has 4 rings (SSSR count). The number of hydrogen-bond acceptors (Lipinski definition) is 3. The first-order valence-corrected chi connectivity index (χ1v) is 7.57. The van der Waals surface area contributed by atoms with Crippen LogP contribution in [0.3, 0.4) is 0 Å². The monoisotopic (exact) mass is 284 g/mol. The van der Waals surface area contributed by atoms with Gasteiger partial charge >= 0.3 is 0 Å². The number of H-pyrrole nitrogens is 1. The molecule has 1 aromatic heterocycles. The Morgan fingerprint density at radius 2 is 2.05 bits per heavy atom. The summed E-state index contributed by atoms with van der Waals surface area (Å²) in [5, 5.41) is 0. The lowest BCUT2D eigenvalue weighted by Gasteiger charge is -2.18. The number of nitrogens with zero attached hydrogens (tertiary/aromatic N) is 1. The second-order valence-corrected chi connectivity index (χ2v) is 5.88. The number of benzene rings is 1. The van der Waals surface area contributed by atoms with Crippen LogP contribution in [-0.4, -0.2) is 16.6 Å². The lowest BCUT2D eigenvalue weighted by atomic mass is 9.96. The van der Waals surface area contributed by atoms with Crippen LogP contribution in [0.5, 0.6) is 5.75 Å². The Bertz CT molecular complexity index is 723. The second kappa shape index (κ2) is 4.70. The van der Waals surface area contributed by atoms with E-state index < -0.39 is 0 Å². The fraction of sp³-hybridized carbons (Fsp3) is 0.375. The van der Waals surface area contributed by atoms with Gasteiger partial charge in [-0.2, -0.15) is 0 Å². The minimum Gasteiger partial charge on any atom is -0.492 e. The SMILES string of the molecule is S=c1nc(C2COc3ccccc32)[nH]c2c1CCCC2. The number of fused-ring (bicyclic) bond motifs is 2. The predicted molar refractivity (Wildman–Crippen MR) is 79.8 cm³/mol. The molecular weight excluding hydrogens is 268 g/mol. The van der Waals surface area contributed by atoms with Gasteiger partial charge in [0.2, 0.25) is 0 Å². The van der Waals surface area contributed by atoms with E-state index in [0.29, 0.717) is 6.61 Å². The van der Waals surface area contributed by atoms with Gasteiger partial charge in [0.25, 0.3) is 0 Å². The quantitative estimate of drug-likeness (QED) is 0.814. The Labute approximate surface area is 123 Å². The van der Waals surface area contributed by atoms with Crippen molar-refractivity contribution >= 4 is 12.2 Å². The van der Waals surface area contributed by atoms with E-state index in [0.717, 1.165) is 29.1 Å². The first kappa shape index (κ1) is 12.1. The van der Waals surface area contributed by atoms with E-state index >= 15 is 0 Å². The van der Waals surface area contributed by atoms with Crippen LogP contribution in [0, 0.1) is 4.64 Å². The molecule has 2 heterocycles. The van der Waals surface area contributed by atoms with Crippen LogP contribution in [0.2, 0.25) is 0 Å². The topological polar surface area (TPSA) is 37.9 Å². The molecule has 1 N–H and O–H groups in total. The molecule has 0 saturated heterocycles. The number of ether oxygens (including phenoxy) is 1. The zero-order chi connectivity index (χ0) is 13.5. The molecule has 0 spiro atoms. The number of hydrogen-bond donors (Lipinski definition) is 1. The highest BCUT2D eigenvalue weighted by molar-refractivity contribution is 7.71. The molecule has 3 nitrogen and oxygen atoms in total. The van der Waals surface area contributed by atoms with E-state index in [1.165, 1.54) is 29.7 Å². The molecule has 0 bridgehead atoms. The largest absolute Gasteiger partial charge is 0.492 e. The van der Waals surface area contributed by atoms with Crippen molar-refractivity contribution in [2.75, 3.05) is 6.61 Å². The zero-order valence-electron chi connectivity index (χ0n) is 11.2. The van der Waals surface area contributed by atoms with E-state index in [-0.39, 0.29) is 5.92 Å². The van der Waals surface area contributed by atoms with Crippen molar-refractivity contribution < 1.29 is 4.74 Å². The van der Waals surface area contributed by atoms with Gasteiger partial charge in [-0.3, -0.25) is 0 Å². The van der Waals surface area contributed by atoms with Crippen molar-refractivity contribution in [2.24, 2.45) is 0 Å². The first-order chi connectivity index (χ1) is 9.83. The summed E-state index contributed by atoms with van der Waals surface area (Å²) < 4.78 is 6.53. The molecule has 2 aromatic rings. The molecule has 1 unspecified atom stereocenters. The van der Waals surface area contributed by atoms with Gasteiger partial charge in [-0.05, 0) is 31.7 Å². The highest BCUT2D eigenvalue weighted by Crippen LogP contribution is 2.37. The maximum Gasteiger partial charge on any atom is 0.133 e. The lowest BCUT2D eigenvalue weighted by molar-refractivity contribution is 0.339. The molecule has 102 valence electrons. The maximum atomic E-state index is 5.76. The molecule has 0 radical (unpaired) electrons. The Kier molecular flexibility index (Phi) is 2.84. The first-order valence-electron chi connectivity index (χ1n) is 7.16. The fourth-order valence-corrected chi connectivity index (χ4v) is 3.52. The van der Waals surface area contributed by atoms with Crippen LogP contribution >= 0.6 is 12.2 Å². The summed E-state index contributed by atoms with van der Waals surface area (Å²) >= 11 is 5.49. The summed E-state index contributed by atoms with van der Waals surface area (Å²) in [7, 11) is 0. The molecule has 4 heteroatoms. The van der Waals surface area contributed by atoms with Crippen LogP contribution in [0.1, 0.15) is 41.4 Å². The molecule has 1 atom stereocenters. The van der Waals surface area contributed by atoms with E-state index in [2.05, 4.69) is 16.0 Å². The van der Waals surface area contributed by atoms with Gasteiger partial charge in [0.1, 0.15) is 22.8 Å². The van der Waals surface area contributed by atoms with Crippen LogP contribution in [0.4, 0.5) is 0 Å². The van der Waals surface area contributed by atoms with Crippen molar-refractivity contribution in [3.05, 3.63) is 51.6 Å². The standard InChI is InChI=1S/C16H16N2OS/c20-16-11-6-1-3-7-13(11)17-15(18-16)12-9-19-14-8-4-2-5-10(12)14/h2,4-5,8,12H,1,3,6-7,9H2,(H,17,18,20). The summed E-state index contributed by atoms with van der Waals surface area (Å²) in [4.78, 5) is 8.18. The minimum absolute atomic E-state index is 0.181. The average molecular weight is 284 g/mol. The van der Waals surface area contributed by atoms with Gasteiger partial charge in [-0.1, -0.05) is 30.4 Å². The van der Waals surface area contributed by atoms with Crippen molar-refractivity contribution in [1.82, 2.24) is 9.97 Å². The van der Waals surface area contributed by atoms with Gasteiger partial charge in [-0.15, -0.1) is 0 Å². The van der Waals surface area contributed by atoms with Crippen LogP contribution in [-0.2, 0) is 12.8 Å². The summed E-state index contributed by atoms with van der Waals surface area (Å²) in [6.45, 7) is 0.649. The third-order valence-corrected chi connectivity index (χ3v) is 4.59. The minimum atomic E-state index is 0.181. The maximum absolute atomic E-state index is 5.76. The summed E-state index contributed by atoms with van der Waals surface area (Å²) in [6.07, 6.45) is 4.61. The molecule has 1 aliphatic carbocycles. The van der Waals surface area contributed by atoms with E-state index in [1.54, 1.807) is 0 Å². The highest BCUT2D eigenvalue weighted by Gasteiger charge is 2.28. The second-order valence-electron chi connectivity index (χ2n) is 5.49. The number of aromatic nitrogens is 2. The predicted octanol–water partition coefficient (Wildman–Crippen LogP) is 3.54. The van der Waals surface area contributed by atoms with Crippen LogP contribution < -0.4 is 4.74 Å². The van der Waals surface area contributed by atoms with Crippen LogP contribution in [0.15, 0.2) is 24.3 Å². The highest BCUT2D eigenvalue weighted by atomic mass is 32.1. The van der Waals surface area contributed by atoms with E-state index in [9.17, 15) is 0 Å².